The second-order valence-corrected chi connectivity index (χ2v) is 4.96. The molecule has 2 aromatic rings. The molecule has 0 bridgehead atoms. The zero-order chi connectivity index (χ0) is 15.2. The van der Waals surface area contributed by atoms with Crippen LogP contribution in [-0.2, 0) is 6.54 Å². The van der Waals surface area contributed by atoms with E-state index in [0.29, 0.717) is 19.5 Å². The maximum atomic E-state index is 12.0. The van der Waals surface area contributed by atoms with Crippen molar-refractivity contribution in [3.8, 4) is 0 Å². The van der Waals surface area contributed by atoms with Gasteiger partial charge in [-0.15, -0.1) is 5.10 Å². The third-order valence-corrected chi connectivity index (χ3v) is 3.57. The monoisotopic (exact) mass is 353 g/mol. The molecule has 9 heteroatoms. The van der Waals surface area contributed by atoms with Crippen LogP contribution in [0.15, 0.2) is 35.1 Å². The highest BCUT2D eigenvalue weighted by Crippen LogP contribution is 2.28. The quantitative estimate of drug-likeness (QED) is 0.484. The predicted octanol–water partition coefficient (Wildman–Crippen LogP) is 1.77. The molecular weight excluding hydrogens is 342 g/mol. The molecule has 0 unspecified atom stereocenters. The molecule has 0 aliphatic heterocycles. The van der Waals surface area contributed by atoms with E-state index in [0.717, 1.165) is 0 Å². The van der Waals surface area contributed by atoms with Gasteiger partial charge < -0.3 is 5.32 Å². The van der Waals surface area contributed by atoms with E-state index in [4.69, 9.17) is 0 Å². The maximum Gasteiger partial charge on any atom is 0.284 e. The molecule has 21 heavy (non-hydrogen) atoms. The first kappa shape index (κ1) is 15.1. The Bertz CT molecular complexity index is 644. The van der Waals surface area contributed by atoms with Crippen LogP contribution in [-0.4, -0.2) is 32.4 Å². The Kier molecular flexibility index (Phi) is 4.99. The molecule has 1 amide bonds. The Labute approximate surface area is 128 Å². The average molecular weight is 354 g/mol. The van der Waals surface area contributed by atoms with Crippen LogP contribution in [0.3, 0.4) is 0 Å². The number of nitro benzene ring substituents is 1. The van der Waals surface area contributed by atoms with E-state index in [9.17, 15) is 14.9 Å². The highest BCUT2D eigenvalue weighted by atomic mass is 79.9. The van der Waals surface area contributed by atoms with Crippen molar-refractivity contribution in [3.63, 3.8) is 0 Å². The van der Waals surface area contributed by atoms with Gasteiger partial charge in [-0.25, -0.2) is 0 Å². The van der Waals surface area contributed by atoms with Crippen LogP contribution in [0.1, 0.15) is 16.8 Å². The molecule has 1 aromatic heterocycles. The molecule has 0 aliphatic rings. The summed E-state index contributed by atoms with van der Waals surface area (Å²) in [6.45, 7) is 1.07. The minimum absolute atomic E-state index is 0.134. The molecule has 0 radical (unpaired) electrons. The van der Waals surface area contributed by atoms with Crippen molar-refractivity contribution >= 4 is 27.5 Å². The molecule has 0 aliphatic carbocycles. The maximum absolute atomic E-state index is 12.0. The van der Waals surface area contributed by atoms with Crippen molar-refractivity contribution in [1.29, 1.82) is 0 Å². The van der Waals surface area contributed by atoms with Crippen LogP contribution < -0.4 is 5.32 Å². The van der Waals surface area contributed by atoms with Gasteiger partial charge in [0, 0.05) is 25.4 Å². The van der Waals surface area contributed by atoms with Gasteiger partial charge in [0.15, 0.2) is 0 Å². The van der Waals surface area contributed by atoms with E-state index in [-0.39, 0.29) is 21.6 Å². The summed E-state index contributed by atoms with van der Waals surface area (Å²) < 4.78 is 1.85. The van der Waals surface area contributed by atoms with Crippen molar-refractivity contribution in [2.45, 2.75) is 13.0 Å². The van der Waals surface area contributed by atoms with Crippen molar-refractivity contribution in [2.75, 3.05) is 6.54 Å². The number of rotatable bonds is 6. The number of aryl methyl sites for hydroxylation is 1. The summed E-state index contributed by atoms with van der Waals surface area (Å²) in [5, 5.41) is 21.0. The third-order valence-electron chi connectivity index (χ3n) is 2.74. The van der Waals surface area contributed by atoms with Crippen LogP contribution in [0, 0.1) is 10.1 Å². The summed E-state index contributed by atoms with van der Waals surface area (Å²) >= 11 is 3.10. The standard InChI is InChI=1S/C12H12BrN5O3/c13-11-9(3-1-4-10(11)18(20)21)12(19)14-5-2-7-17-8-6-15-16-17/h1,3-4,6,8H,2,5,7H2,(H,14,19). The summed E-state index contributed by atoms with van der Waals surface area (Å²) in [5.74, 6) is -0.357. The zero-order valence-corrected chi connectivity index (χ0v) is 12.5. The van der Waals surface area contributed by atoms with Crippen LogP contribution in [0.2, 0.25) is 0 Å². The average Bonchev–Trinajstić information content (AvgIpc) is 2.96. The smallest absolute Gasteiger partial charge is 0.284 e. The number of amides is 1. The minimum Gasteiger partial charge on any atom is -0.352 e. The number of aromatic nitrogens is 3. The highest BCUT2D eigenvalue weighted by Gasteiger charge is 2.18. The molecule has 0 atom stereocenters. The van der Waals surface area contributed by atoms with Gasteiger partial charge in [-0.05, 0) is 28.4 Å². The van der Waals surface area contributed by atoms with Crippen LogP contribution in [0.25, 0.3) is 0 Å². The number of carbonyl (C=O) groups excluding carboxylic acids is 1. The number of carbonyl (C=O) groups is 1. The van der Waals surface area contributed by atoms with Crippen molar-refractivity contribution in [3.05, 3.63) is 50.7 Å². The van der Waals surface area contributed by atoms with E-state index in [1.165, 1.54) is 18.2 Å². The molecule has 1 N–H and O–H groups in total. The Morgan fingerprint density at radius 1 is 1.48 bits per heavy atom. The van der Waals surface area contributed by atoms with Crippen LogP contribution in [0.4, 0.5) is 5.69 Å². The van der Waals surface area contributed by atoms with Gasteiger partial charge >= 0.3 is 0 Å². The predicted molar refractivity (Wildman–Crippen MR) is 77.8 cm³/mol. The van der Waals surface area contributed by atoms with Gasteiger partial charge in [0.25, 0.3) is 11.6 Å². The Morgan fingerprint density at radius 2 is 2.29 bits per heavy atom. The lowest BCUT2D eigenvalue weighted by Crippen LogP contribution is -2.25. The van der Waals surface area contributed by atoms with Crippen LogP contribution >= 0.6 is 15.9 Å². The lowest BCUT2D eigenvalue weighted by atomic mass is 10.2. The molecule has 8 nitrogen and oxygen atoms in total. The number of nitrogens with one attached hydrogen (secondary N) is 1. The van der Waals surface area contributed by atoms with E-state index in [1.54, 1.807) is 17.1 Å². The van der Waals surface area contributed by atoms with Gasteiger partial charge in [0.05, 0.1) is 16.7 Å². The Balaban J connectivity index is 1.91. The van der Waals surface area contributed by atoms with Gasteiger partial charge in [0.1, 0.15) is 4.47 Å². The highest BCUT2D eigenvalue weighted by molar-refractivity contribution is 9.10. The fourth-order valence-electron chi connectivity index (χ4n) is 1.73. The fourth-order valence-corrected chi connectivity index (χ4v) is 2.32. The molecule has 0 fully saturated rings. The SMILES string of the molecule is O=C(NCCCn1ccnn1)c1cccc([N+](=O)[O-])c1Br. The fraction of sp³-hybridized carbons (Fsp3) is 0.250. The van der Waals surface area contributed by atoms with Crippen LogP contribution in [0.5, 0.6) is 0 Å². The van der Waals surface area contributed by atoms with E-state index < -0.39 is 4.92 Å². The van der Waals surface area contributed by atoms with Crippen molar-refractivity contribution < 1.29 is 9.72 Å². The van der Waals surface area contributed by atoms with E-state index in [2.05, 4.69) is 31.6 Å². The molecule has 1 aromatic carbocycles. The normalized spacial score (nSPS) is 10.3. The second kappa shape index (κ2) is 6.93. The Morgan fingerprint density at radius 3 is 2.95 bits per heavy atom. The number of halogens is 1. The molecular formula is C12H12BrN5O3. The number of hydrogen-bond acceptors (Lipinski definition) is 5. The molecule has 0 saturated carbocycles. The molecule has 1 heterocycles. The lowest BCUT2D eigenvalue weighted by molar-refractivity contribution is -0.385. The van der Waals surface area contributed by atoms with Gasteiger partial charge in [-0.2, -0.15) is 0 Å². The lowest BCUT2D eigenvalue weighted by Gasteiger charge is -2.07. The summed E-state index contributed by atoms with van der Waals surface area (Å²) in [7, 11) is 0. The third kappa shape index (κ3) is 3.85. The molecule has 0 saturated heterocycles. The van der Waals surface area contributed by atoms with Gasteiger partial charge in [0.2, 0.25) is 0 Å². The minimum atomic E-state index is -0.536. The van der Waals surface area contributed by atoms with Gasteiger partial charge in [-0.1, -0.05) is 11.3 Å². The number of benzene rings is 1. The zero-order valence-electron chi connectivity index (χ0n) is 10.9. The number of nitro groups is 1. The van der Waals surface area contributed by atoms with E-state index in [1.807, 2.05) is 0 Å². The first-order valence-electron chi connectivity index (χ1n) is 6.15. The first-order chi connectivity index (χ1) is 10.1. The summed E-state index contributed by atoms with van der Waals surface area (Å²) in [4.78, 5) is 22.3. The van der Waals surface area contributed by atoms with Crippen molar-refractivity contribution in [1.82, 2.24) is 20.3 Å². The summed E-state index contributed by atoms with van der Waals surface area (Å²) in [6.07, 6.45) is 4.00. The second-order valence-electron chi connectivity index (χ2n) is 4.17. The molecule has 110 valence electrons. The summed E-state index contributed by atoms with van der Waals surface area (Å²) in [6, 6.07) is 4.35. The Hall–Kier alpha value is -2.29. The topological polar surface area (TPSA) is 103 Å². The van der Waals surface area contributed by atoms with Gasteiger partial charge in [-0.3, -0.25) is 19.6 Å². The number of nitrogens with zero attached hydrogens (tertiary/aromatic N) is 4. The molecule has 0 spiro atoms. The van der Waals surface area contributed by atoms with E-state index >= 15 is 0 Å². The summed E-state index contributed by atoms with van der Waals surface area (Å²) in [5.41, 5.74) is 0.107. The largest absolute Gasteiger partial charge is 0.352 e. The number of hydrogen-bond donors (Lipinski definition) is 1. The molecule has 2 rings (SSSR count). The first-order valence-corrected chi connectivity index (χ1v) is 6.94. The van der Waals surface area contributed by atoms with Crippen molar-refractivity contribution in [2.24, 2.45) is 0 Å².